The fourth-order valence-corrected chi connectivity index (χ4v) is 5.33. The highest BCUT2D eigenvalue weighted by Crippen LogP contribution is 2.48. The Bertz CT molecular complexity index is 773. The van der Waals surface area contributed by atoms with Crippen LogP contribution in [0.4, 0.5) is 5.69 Å². The summed E-state index contributed by atoms with van der Waals surface area (Å²) in [6.45, 7) is 2.65. The van der Waals surface area contributed by atoms with Crippen molar-refractivity contribution in [1.82, 2.24) is 4.31 Å². The van der Waals surface area contributed by atoms with Gasteiger partial charge in [0.25, 0.3) is 0 Å². The van der Waals surface area contributed by atoms with Gasteiger partial charge in [0.05, 0.1) is 22.9 Å². The number of benzene rings is 1. The molecule has 1 amide bonds. The van der Waals surface area contributed by atoms with Gasteiger partial charge in [-0.3, -0.25) is 4.79 Å². The lowest BCUT2D eigenvalue weighted by Gasteiger charge is -2.37. The molecule has 1 aliphatic heterocycles. The van der Waals surface area contributed by atoms with Crippen LogP contribution in [-0.2, 0) is 14.8 Å². The molecule has 1 heterocycles. The Morgan fingerprint density at radius 3 is 2.60 bits per heavy atom. The molecule has 0 bridgehead atoms. The van der Waals surface area contributed by atoms with Crippen LogP contribution in [0.2, 0.25) is 5.02 Å². The van der Waals surface area contributed by atoms with Gasteiger partial charge in [0, 0.05) is 13.1 Å². The van der Waals surface area contributed by atoms with E-state index in [4.69, 9.17) is 11.6 Å². The summed E-state index contributed by atoms with van der Waals surface area (Å²) in [5.74, 6) is -0.459. The van der Waals surface area contributed by atoms with Crippen LogP contribution >= 0.6 is 11.6 Å². The molecular formula is C18H25ClN2O3S. The number of sulfonamides is 1. The minimum absolute atomic E-state index is 0.124. The second-order valence-corrected chi connectivity index (χ2v) is 9.89. The van der Waals surface area contributed by atoms with Gasteiger partial charge in [0.1, 0.15) is 0 Å². The Morgan fingerprint density at radius 1 is 1.28 bits per heavy atom. The number of carbonyl (C=O) groups is 1. The van der Waals surface area contributed by atoms with Crippen molar-refractivity contribution in [3.8, 4) is 0 Å². The summed E-state index contributed by atoms with van der Waals surface area (Å²) >= 11 is 6.20. The van der Waals surface area contributed by atoms with Gasteiger partial charge in [-0.2, -0.15) is 0 Å². The van der Waals surface area contributed by atoms with E-state index in [1.165, 1.54) is 10.6 Å². The molecule has 3 rings (SSSR count). The fraction of sp³-hybridized carbons (Fsp3) is 0.611. The van der Waals surface area contributed by atoms with E-state index in [2.05, 4.69) is 5.32 Å². The zero-order chi connectivity index (χ0) is 18.2. The van der Waals surface area contributed by atoms with Crippen molar-refractivity contribution in [3.05, 3.63) is 28.8 Å². The third-order valence-corrected chi connectivity index (χ3v) is 7.18. The van der Waals surface area contributed by atoms with E-state index >= 15 is 0 Å². The standard InChI is InChI=1S/C18H25ClN2O3S/c1-13-6-7-15(19)16(10-13)20-17(22)14-11-21(25(2,23)24)12-18(14)8-4-3-5-9-18/h6-7,10,14H,3-5,8-9,11-12H2,1-2H3,(H,20,22). The van der Waals surface area contributed by atoms with Crippen molar-refractivity contribution in [2.45, 2.75) is 39.0 Å². The van der Waals surface area contributed by atoms with Crippen molar-refractivity contribution in [2.75, 3.05) is 24.7 Å². The first-order chi connectivity index (χ1) is 11.7. The maximum Gasteiger partial charge on any atom is 0.229 e. The Morgan fingerprint density at radius 2 is 1.96 bits per heavy atom. The molecule has 1 spiro atoms. The van der Waals surface area contributed by atoms with Gasteiger partial charge in [-0.05, 0) is 42.9 Å². The zero-order valence-electron chi connectivity index (χ0n) is 14.7. The number of rotatable bonds is 3. The molecule has 1 aromatic rings. The monoisotopic (exact) mass is 384 g/mol. The highest BCUT2D eigenvalue weighted by atomic mass is 35.5. The molecule has 1 unspecified atom stereocenters. The van der Waals surface area contributed by atoms with Crippen LogP contribution in [0.1, 0.15) is 37.7 Å². The van der Waals surface area contributed by atoms with Crippen LogP contribution in [-0.4, -0.2) is 38.0 Å². The molecule has 5 nitrogen and oxygen atoms in total. The first-order valence-corrected chi connectivity index (χ1v) is 11.0. The van der Waals surface area contributed by atoms with E-state index in [-0.39, 0.29) is 23.8 Å². The van der Waals surface area contributed by atoms with Gasteiger partial charge >= 0.3 is 0 Å². The van der Waals surface area contributed by atoms with E-state index in [1.807, 2.05) is 19.1 Å². The molecule has 0 aromatic heterocycles. The predicted molar refractivity (Wildman–Crippen MR) is 100 cm³/mol. The first kappa shape index (κ1) is 18.7. The average molecular weight is 385 g/mol. The third-order valence-electron chi connectivity index (χ3n) is 5.63. The summed E-state index contributed by atoms with van der Waals surface area (Å²) in [6.07, 6.45) is 6.27. The van der Waals surface area contributed by atoms with Crippen LogP contribution in [0.3, 0.4) is 0 Å². The molecule has 1 atom stereocenters. The quantitative estimate of drug-likeness (QED) is 0.868. The van der Waals surface area contributed by atoms with Crippen LogP contribution in [0.25, 0.3) is 0 Å². The summed E-state index contributed by atoms with van der Waals surface area (Å²) in [5, 5.41) is 3.44. The normalized spacial score (nSPS) is 23.7. The number of anilines is 1. The highest BCUT2D eigenvalue weighted by molar-refractivity contribution is 7.88. The number of hydrogen-bond donors (Lipinski definition) is 1. The maximum absolute atomic E-state index is 13.0. The number of aryl methyl sites for hydroxylation is 1. The van der Waals surface area contributed by atoms with E-state index in [9.17, 15) is 13.2 Å². The van der Waals surface area contributed by atoms with Crippen LogP contribution < -0.4 is 5.32 Å². The minimum Gasteiger partial charge on any atom is -0.324 e. The summed E-state index contributed by atoms with van der Waals surface area (Å²) in [4.78, 5) is 13.0. The number of nitrogens with one attached hydrogen (secondary N) is 1. The lowest BCUT2D eigenvalue weighted by Crippen LogP contribution is -2.39. The average Bonchev–Trinajstić information content (AvgIpc) is 2.91. The third kappa shape index (κ3) is 3.86. The number of nitrogens with zero attached hydrogens (tertiary/aromatic N) is 1. The molecule has 0 radical (unpaired) electrons. The van der Waals surface area contributed by atoms with Crippen LogP contribution in [0, 0.1) is 18.3 Å². The van der Waals surface area contributed by atoms with Crippen LogP contribution in [0.15, 0.2) is 18.2 Å². The molecule has 138 valence electrons. The van der Waals surface area contributed by atoms with Crippen LogP contribution in [0.5, 0.6) is 0 Å². The number of halogens is 1. The largest absolute Gasteiger partial charge is 0.324 e. The lowest BCUT2D eigenvalue weighted by molar-refractivity contribution is -0.123. The number of carbonyl (C=O) groups excluding carboxylic acids is 1. The molecule has 1 saturated heterocycles. The summed E-state index contributed by atoms with van der Waals surface area (Å²) in [5.41, 5.74) is 1.36. The van der Waals surface area contributed by atoms with Gasteiger partial charge < -0.3 is 5.32 Å². The van der Waals surface area contributed by atoms with E-state index in [0.717, 1.165) is 37.7 Å². The van der Waals surface area contributed by atoms with Crippen molar-refractivity contribution >= 4 is 33.2 Å². The first-order valence-electron chi connectivity index (χ1n) is 8.73. The van der Waals surface area contributed by atoms with E-state index < -0.39 is 10.0 Å². The van der Waals surface area contributed by atoms with Gasteiger partial charge in [-0.1, -0.05) is 36.9 Å². The van der Waals surface area contributed by atoms with E-state index in [0.29, 0.717) is 17.3 Å². The van der Waals surface area contributed by atoms with Gasteiger partial charge in [0.2, 0.25) is 15.9 Å². The minimum atomic E-state index is -3.30. The molecular weight excluding hydrogens is 360 g/mol. The topological polar surface area (TPSA) is 66.5 Å². The molecule has 2 fully saturated rings. The second kappa shape index (κ2) is 6.89. The molecule has 1 saturated carbocycles. The zero-order valence-corrected chi connectivity index (χ0v) is 16.3. The van der Waals surface area contributed by atoms with Crippen molar-refractivity contribution < 1.29 is 13.2 Å². The molecule has 25 heavy (non-hydrogen) atoms. The Hall–Kier alpha value is -1.11. The van der Waals surface area contributed by atoms with Crippen molar-refractivity contribution in [2.24, 2.45) is 11.3 Å². The summed E-state index contributed by atoms with van der Waals surface area (Å²) in [6, 6.07) is 5.50. The van der Waals surface area contributed by atoms with Gasteiger partial charge in [-0.15, -0.1) is 0 Å². The maximum atomic E-state index is 13.0. The molecule has 1 aromatic carbocycles. The Balaban J connectivity index is 1.87. The van der Waals surface area contributed by atoms with Gasteiger partial charge in [-0.25, -0.2) is 12.7 Å². The molecule has 1 aliphatic carbocycles. The molecule has 7 heteroatoms. The number of amides is 1. The predicted octanol–water partition coefficient (Wildman–Crippen LogP) is 3.43. The van der Waals surface area contributed by atoms with Crippen molar-refractivity contribution in [3.63, 3.8) is 0 Å². The molecule has 1 N–H and O–H groups in total. The fourth-order valence-electron chi connectivity index (χ4n) is 4.25. The molecule has 2 aliphatic rings. The summed E-state index contributed by atoms with van der Waals surface area (Å²) < 4.78 is 25.6. The highest BCUT2D eigenvalue weighted by Gasteiger charge is 2.52. The lowest BCUT2D eigenvalue weighted by atomic mass is 9.67. The SMILES string of the molecule is Cc1ccc(Cl)c(NC(=O)C2CN(S(C)(=O)=O)CC23CCCCC3)c1. The van der Waals surface area contributed by atoms with Gasteiger partial charge in [0.15, 0.2) is 0 Å². The summed E-state index contributed by atoms with van der Waals surface area (Å²) in [7, 11) is -3.30. The smallest absolute Gasteiger partial charge is 0.229 e. The van der Waals surface area contributed by atoms with Crippen molar-refractivity contribution in [1.29, 1.82) is 0 Å². The Kier molecular flexibility index (Phi) is 5.15. The second-order valence-electron chi connectivity index (χ2n) is 7.50. The van der Waals surface area contributed by atoms with E-state index in [1.54, 1.807) is 6.07 Å². The Labute approximate surface area is 154 Å². The number of hydrogen-bond acceptors (Lipinski definition) is 3.